The number of likely N-dealkylation sites (tertiary alicyclic amines) is 1. The Morgan fingerprint density at radius 3 is 2.42 bits per heavy atom. The summed E-state index contributed by atoms with van der Waals surface area (Å²) in [7, 11) is 0. The van der Waals surface area contributed by atoms with Gasteiger partial charge in [-0.3, -0.25) is 4.79 Å². The number of urea groups is 1. The van der Waals surface area contributed by atoms with Crippen LogP contribution in [0.15, 0.2) is 0 Å². The molecular weight excluding hydrogens is 246 g/mol. The average molecular weight is 271 g/mol. The van der Waals surface area contributed by atoms with E-state index < -0.39 is 17.7 Å². The van der Waals surface area contributed by atoms with E-state index in [1.165, 1.54) is 0 Å². The Morgan fingerprint density at radius 2 is 2.00 bits per heavy atom. The highest BCUT2D eigenvalue weighted by molar-refractivity contribution is 5.87. The van der Waals surface area contributed by atoms with Gasteiger partial charge in [-0.15, -0.1) is 0 Å². The first-order chi connectivity index (χ1) is 8.83. The molecule has 0 aliphatic carbocycles. The zero-order chi connectivity index (χ0) is 14.6. The minimum absolute atomic E-state index is 0.0138. The molecule has 0 spiro atoms. The number of rotatable bonds is 6. The second-order valence-corrected chi connectivity index (χ2v) is 5.54. The maximum absolute atomic E-state index is 12.3. The van der Waals surface area contributed by atoms with E-state index in [1.54, 1.807) is 4.90 Å². The predicted octanol–water partition coefficient (Wildman–Crippen LogP) is 0.443. The molecule has 4 N–H and O–H groups in total. The highest BCUT2D eigenvalue weighted by Gasteiger charge is 2.45. The fourth-order valence-electron chi connectivity index (χ4n) is 2.48. The number of amides is 3. The number of β-amino-alcohol motifs (C(OH)–C–C–N with tert-alkyl or cyclic N) is 1. The van der Waals surface area contributed by atoms with Gasteiger partial charge in [-0.25, -0.2) is 4.79 Å². The van der Waals surface area contributed by atoms with Crippen molar-refractivity contribution in [1.29, 1.82) is 0 Å². The Labute approximate surface area is 114 Å². The molecule has 3 amide bonds. The largest absolute Gasteiger partial charge is 0.386 e. The van der Waals surface area contributed by atoms with Gasteiger partial charge in [0.2, 0.25) is 5.91 Å². The molecule has 1 rings (SSSR count). The molecule has 6 heteroatoms. The second kappa shape index (κ2) is 6.23. The van der Waals surface area contributed by atoms with Gasteiger partial charge < -0.3 is 21.1 Å². The predicted molar refractivity (Wildman–Crippen MR) is 72.4 cm³/mol. The third-order valence-electron chi connectivity index (χ3n) is 3.77. The highest BCUT2D eigenvalue weighted by atomic mass is 16.3. The zero-order valence-corrected chi connectivity index (χ0v) is 12.0. The number of hydrogen-bond donors (Lipinski definition) is 3. The topological polar surface area (TPSA) is 95.7 Å². The van der Waals surface area contributed by atoms with Crippen molar-refractivity contribution in [3.05, 3.63) is 0 Å². The summed E-state index contributed by atoms with van der Waals surface area (Å²) in [5.74, 6) is -0.145. The molecule has 1 heterocycles. The van der Waals surface area contributed by atoms with Gasteiger partial charge in [-0.1, -0.05) is 33.6 Å². The van der Waals surface area contributed by atoms with E-state index >= 15 is 0 Å². The normalized spacial score (nSPS) is 20.3. The van der Waals surface area contributed by atoms with Crippen molar-refractivity contribution >= 4 is 11.9 Å². The standard InChI is InChI=1S/C13H25N3O3/c1-4-6-13(19)7-16(8-13)11(17)10(9(3)5-2)15-12(14)18/h9-10,19H,4-8H2,1-3H3,(H3,14,15,18). The van der Waals surface area contributed by atoms with Gasteiger partial charge in [0, 0.05) is 0 Å². The van der Waals surface area contributed by atoms with Crippen molar-refractivity contribution in [1.82, 2.24) is 10.2 Å². The summed E-state index contributed by atoms with van der Waals surface area (Å²) in [6.45, 7) is 6.53. The molecule has 110 valence electrons. The smallest absolute Gasteiger partial charge is 0.312 e. The summed E-state index contributed by atoms with van der Waals surface area (Å²) in [5, 5.41) is 12.6. The van der Waals surface area contributed by atoms with Crippen molar-refractivity contribution in [3.8, 4) is 0 Å². The molecule has 0 aromatic rings. The van der Waals surface area contributed by atoms with E-state index in [0.29, 0.717) is 19.5 Å². The lowest BCUT2D eigenvalue weighted by atomic mass is 9.87. The molecule has 0 bridgehead atoms. The summed E-state index contributed by atoms with van der Waals surface area (Å²) < 4.78 is 0. The van der Waals surface area contributed by atoms with Gasteiger partial charge in [-0.05, 0) is 12.3 Å². The van der Waals surface area contributed by atoms with E-state index in [4.69, 9.17) is 5.73 Å². The molecule has 19 heavy (non-hydrogen) atoms. The molecule has 1 aliphatic rings. The van der Waals surface area contributed by atoms with E-state index in [2.05, 4.69) is 5.32 Å². The van der Waals surface area contributed by atoms with Crippen LogP contribution in [0.1, 0.15) is 40.0 Å². The fourth-order valence-corrected chi connectivity index (χ4v) is 2.48. The van der Waals surface area contributed by atoms with Crippen LogP contribution in [0.3, 0.4) is 0 Å². The SMILES string of the molecule is CCCC1(O)CN(C(=O)C(NC(N)=O)C(C)CC)C1. The van der Waals surface area contributed by atoms with Crippen LogP contribution in [0.4, 0.5) is 4.79 Å². The first-order valence-electron chi connectivity index (χ1n) is 6.90. The Morgan fingerprint density at radius 1 is 1.42 bits per heavy atom. The number of aliphatic hydroxyl groups is 1. The number of primary amides is 1. The number of hydrogen-bond acceptors (Lipinski definition) is 3. The molecule has 0 aromatic carbocycles. The van der Waals surface area contributed by atoms with Crippen molar-refractivity contribution in [2.24, 2.45) is 11.7 Å². The monoisotopic (exact) mass is 271 g/mol. The lowest BCUT2D eigenvalue weighted by Gasteiger charge is -2.48. The van der Waals surface area contributed by atoms with Gasteiger partial charge in [0.05, 0.1) is 18.7 Å². The fraction of sp³-hybridized carbons (Fsp3) is 0.846. The molecule has 0 saturated carbocycles. The van der Waals surface area contributed by atoms with Crippen molar-refractivity contribution in [2.45, 2.75) is 51.7 Å². The van der Waals surface area contributed by atoms with Gasteiger partial charge in [0.25, 0.3) is 0 Å². The number of nitrogens with two attached hydrogens (primary N) is 1. The molecule has 2 atom stereocenters. The number of carbonyl (C=O) groups excluding carboxylic acids is 2. The molecule has 2 unspecified atom stereocenters. The van der Waals surface area contributed by atoms with Gasteiger partial charge >= 0.3 is 6.03 Å². The molecule has 0 aromatic heterocycles. The van der Waals surface area contributed by atoms with Crippen molar-refractivity contribution in [2.75, 3.05) is 13.1 Å². The van der Waals surface area contributed by atoms with E-state index in [9.17, 15) is 14.7 Å². The highest BCUT2D eigenvalue weighted by Crippen LogP contribution is 2.27. The molecule has 0 radical (unpaired) electrons. The Kier molecular flexibility index (Phi) is 5.17. The van der Waals surface area contributed by atoms with Crippen LogP contribution in [-0.4, -0.2) is 46.7 Å². The summed E-state index contributed by atoms with van der Waals surface area (Å²) in [4.78, 5) is 24.9. The second-order valence-electron chi connectivity index (χ2n) is 5.54. The third kappa shape index (κ3) is 3.83. The van der Waals surface area contributed by atoms with E-state index in [1.807, 2.05) is 20.8 Å². The molecule has 1 saturated heterocycles. The molecular formula is C13H25N3O3. The number of nitrogens with one attached hydrogen (secondary N) is 1. The van der Waals surface area contributed by atoms with Crippen LogP contribution in [0.5, 0.6) is 0 Å². The minimum Gasteiger partial charge on any atom is -0.386 e. The first kappa shape index (κ1) is 15.8. The Balaban J connectivity index is 2.62. The molecule has 1 aliphatic heterocycles. The first-order valence-corrected chi connectivity index (χ1v) is 6.90. The van der Waals surface area contributed by atoms with Crippen molar-refractivity contribution in [3.63, 3.8) is 0 Å². The summed E-state index contributed by atoms with van der Waals surface area (Å²) in [6.07, 6.45) is 2.34. The number of carbonyl (C=O) groups is 2. The third-order valence-corrected chi connectivity index (χ3v) is 3.77. The molecule has 6 nitrogen and oxygen atoms in total. The van der Waals surface area contributed by atoms with Crippen LogP contribution in [-0.2, 0) is 4.79 Å². The van der Waals surface area contributed by atoms with E-state index in [-0.39, 0.29) is 11.8 Å². The van der Waals surface area contributed by atoms with Gasteiger partial charge in [0.15, 0.2) is 0 Å². The van der Waals surface area contributed by atoms with Crippen LogP contribution < -0.4 is 11.1 Å². The Bertz CT molecular complexity index is 340. The average Bonchev–Trinajstić information content (AvgIpc) is 2.31. The van der Waals surface area contributed by atoms with Crippen molar-refractivity contribution < 1.29 is 14.7 Å². The number of nitrogens with zero attached hydrogens (tertiary/aromatic N) is 1. The van der Waals surface area contributed by atoms with Crippen LogP contribution in [0.25, 0.3) is 0 Å². The maximum atomic E-state index is 12.3. The summed E-state index contributed by atoms with van der Waals surface area (Å²) in [6, 6.07) is -1.29. The van der Waals surface area contributed by atoms with Crippen LogP contribution >= 0.6 is 0 Å². The van der Waals surface area contributed by atoms with Gasteiger partial charge in [0.1, 0.15) is 6.04 Å². The molecule has 1 fully saturated rings. The summed E-state index contributed by atoms with van der Waals surface area (Å²) in [5.41, 5.74) is 4.36. The lowest BCUT2D eigenvalue weighted by Crippen LogP contribution is -2.67. The summed E-state index contributed by atoms with van der Waals surface area (Å²) >= 11 is 0. The zero-order valence-electron chi connectivity index (χ0n) is 12.0. The maximum Gasteiger partial charge on any atom is 0.312 e. The lowest BCUT2D eigenvalue weighted by molar-refractivity contribution is -0.159. The minimum atomic E-state index is -0.753. The van der Waals surface area contributed by atoms with Crippen LogP contribution in [0, 0.1) is 5.92 Å². The Hall–Kier alpha value is -1.30. The quantitative estimate of drug-likeness (QED) is 0.654. The van der Waals surface area contributed by atoms with Crippen LogP contribution in [0.2, 0.25) is 0 Å². The van der Waals surface area contributed by atoms with Gasteiger partial charge in [-0.2, -0.15) is 0 Å². The van der Waals surface area contributed by atoms with E-state index in [0.717, 1.165) is 12.8 Å².